The second kappa shape index (κ2) is 3.90. The molecule has 0 spiro atoms. The predicted molar refractivity (Wildman–Crippen MR) is 64.2 cm³/mol. The molecule has 1 fully saturated rings. The van der Waals surface area contributed by atoms with Crippen LogP contribution >= 0.6 is 0 Å². The zero-order chi connectivity index (χ0) is 11.9. The average Bonchev–Trinajstić information content (AvgIpc) is 1.98. The standard InChI is InChI=1S/C11H23NO2Si/c1-8(9-7-12-10(9)13)14-15(5,6)11(2,3)4/h8-9H,7H2,1-6H3,(H,12,13)/t8-,9?/m1/s1. The summed E-state index contributed by atoms with van der Waals surface area (Å²) in [6.45, 7) is 13.9. The summed E-state index contributed by atoms with van der Waals surface area (Å²) in [7, 11) is -1.72. The zero-order valence-electron chi connectivity index (χ0n) is 10.7. The molecule has 1 heterocycles. The maximum absolute atomic E-state index is 11.2. The third kappa shape index (κ3) is 2.61. The van der Waals surface area contributed by atoms with Crippen LogP contribution in [-0.2, 0) is 9.22 Å². The number of nitrogens with one attached hydrogen (secondary N) is 1. The van der Waals surface area contributed by atoms with Gasteiger partial charge in [0.15, 0.2) is 8.32 Å². The van der Waals surface area contributed by atoms with Crippen molar-refractivity contribution >= 4 is 14.2 Å². The Kier molecular flexibility index (Phi) is 3.31. The molecule has 0 radical (unpaired) electrons. The van der Waals surface area contributed by atoms with Gasteiger partial charge in [-0.3, -0.25) is 4.79 Å². The van der Waals surface area contributed by atoms with E-state index in [1.54, 1.807) is 0 Å². The Hall–Kier alpha value is -0.353. The largest absolute Gasteiger partial charge is 0.413 e. The molecule has 4 heteroatoms. The first-order valence-electron chi connectivity index (χ1n) is 5.61. The molecule has 0 aromatic rings. The third-order valence-corrected chi connectivity index (χ3v) is 8.26. The highest BCUT2D eigenvalue weighted by atomic mass is 28.4. The summed E-state index contributed by atoms with van der Waals surface area (Å²) in [5.74, 6) is 0.209. The van der Waals surface area contributed by atoms with Crippen molar-refractivity contribution in [2.45, 2.75) is 51.9 Å². The van der Waals surface area contributed by atoms with Crippen molar-refractivity contribution in [1.29, 1.82) is 0 Å². The number of hydrogen-bond acceptors (Lipinski definition) is 2. The number of β-lactam (4-membered cyclic amide) rings is 1. The molecule has 1 unspecified atom stereocenters. The smallest absolute Gasteiger partial charge is 0.227 e. The van der Waals surface area contributed by atoms with Crippen LogP contribution in [0, 0.1) is 5.92 Å². The molecule has 1 amide bonds. The monoisotopic (exact) mass is 229 g/mol. The summed E-state index contributed by atoms with van der Waals surface area (Å²) in [5.41, 5.74) is 0. The molecule has 1 N–H and O–H groups in total. The van der Waals surface area contributed by atoms with Crippen molar-refractivity contribution in [3.8, 4) is 0 Å². The van der Waals surface area contributed by atoms with E-state index in [0.717, 1.165) is 6.54 Å². The van der Waals surface area contributed by atoms with Crippen LogP contribution < -0.4 is 5.32 Å². The van der Waals surface area contributed by atoms with Gasteiger partial charge in [0.1, 0.15) is 0 Å². The van der Waals surface area contributed by atoms with Gasteiger partial charge in [-0.1, -0.05) is 20.8 Å². The van der Waals surface area contributed by atoms with E-state index in [1.165, 1.54) is 0 Å². The van der Waals surface area contributed by atoms with Crippen LogP contribution in [-0.4, -0.2) is 26.9 Å². The van der Waals surface area contributed by atoms with Crippen LogP contribution in [0.1, 0.15) is 27.7 Å². The predicted octanol–water partition coefficient (Wildman–Crippen LogP) is 2.14. The molecule has 0 aromatic heterocycles. The Morgan fingerprint density at radius 3 is 2.27 bits per heavy atom. The average molecular weight is 229 g/mol. The summed E-state index contributed by atoms with van der Waals surface area (Å²) < 4.78 is 6.15. The van der Waals surface area contributed by atoms with Crippen molar-refractivity contribution in [3.63, 3.8) is 0 Å². The summed E-state index contributed by atoms with van der Waals surface area (Å²) in [4.78, 5) is 11.2. The zero-order valence-corrected chi connectivity index (χ0v) is 11.7. The van der Waals surface area contributed by atoms with Gasteiger partial charge in [-0.25, -0.2) is 0 Å². The van der Waals surface area contributed by atoms with E-state index in [4.69, 9.17) is 4.43 Å². The van der Waals surface area contributed by atoms with E-state index in [1.807, 2.05) is 6.92 Å². The Morgan fingerprint density at radius 1 is 1.47 bits per heavy atom. The minimum atomic E-state index is -1.72. The highest BCUT2D eigenvalue weighted by Gasteiger charge is 2.42. The molecule has 0 saturated carbocycles. The maximum Gasteiger partial charge on any atom is 0.227 e. The van der Waals surface area contributed by atoms with Gasteiger partial charge in [-0.2, -0.15) is 0 Å². The van der Waals surface area contributed by atoms with Crippen molar-refractivity contribution in [2.24, 2.45) is 5.92 Å². The Morgan fingerprint density at radius 2 is 2.00 bits per heavy atom. The summed E-state index contributed by atoms with van der Waals surface area (Å²) in [6.07, 6.45) is 0.0552. The van der Waals surface area contributed by atoms with Crippen molar-refractivity contribution in [1.82, 2.24) is 5.32 Å². The summed E-state index contributed by atoms with van der Waals surface area (Å²) >= 11 is 0. The second-order valence-electron chi connectivity index (χ2n) is 5.93. The topological polar surface area (TPSA) is 38.3 Å². The van der Waals surface area contributed by atoms with E-state index in [0.29, 0.717) is 0 Å². The highest BCUT2D eigenvalue weighted by Crippen LogP contribution is 2.38. The fourth-order valence-electron chi connectivity index (χ4n) is 1.41. The maximum atomic E-state index is 11.2. The molecule has 1 rings (SSSR count). The number of carbonyl (C=O) groups is 1. The van der Waals surface area contributed by atoms with Crippen LogP contribution in [0.5, 0.6) is 0 Å². The van der Waals surface area contributed by atoms with Gasteiger partial charge < -0.3 is 9.74 Å². The third-order valence-electron chi connectivity index (χ3n) is 3.69. The van der Waals surface area contributed by atoms with E-state index in [9.17, 15) is 4.79 Å². The number of hydrogen-bond donors (Lipinski definition) is 1. The van der Waals surface area contributed by atoms with E-state index < -0.39 is 8.32 Å². The SMILES string of the molecule is C[C@@H](O[Si](C)(C)C(C)(C)C)C1CNC1=O. The van der Waals surface area contributed by atoms with Gasteiger partial charge >= 0.3 is 0 Å². The lowest BCUT2D eigenvalue weighted by Crippen LogP contribution is -2.56. The quantitative estimate of drug-likeness (QED) is 0.595. The molecule has 2 atom stereocenters. The van der Waals surface area contributed by atoms with Crippen LogP contribution in [0.15, 0.2) is 0 Å². The Bertz CT molecular complexity index is 258. The number of carbonyl (C=O) groups excluding carboxylic acids is 1. The van der Waals surface area contributed by atoms with Crippen molar-refractivity contribution in [2.75, 3.05) is 6.54 Å². The first-order valence-corrected chi connectivity index (χ1v) is 8.51. The Balaban J connectivity index is 2.57. The summed E-state index contributed by atoms with van der Waals surface area (Å²) in [5, 5.41) is 2.97. The summed E-state index contributed by atoms with van der Waals surface area (Å²) in [6, 6.07) is 0. The fourth-order valence-corrected chi connectivity index (χ4v) is 2.85. The molecule has 1 aliphatic rings. The first kappa shape index (κ1) is 12.7. The van der Waals surface area contributed by atoms with Gasteiger partial charge in [-0.15, -0.1) is 0 Å². The number of amides is 1. The van der Waals surface area contributed by atoms with Gasteiger partial charge in [0.25, 0.3) is 0 Å². The van der Waals surface area contributed by atoms with Gasteiger partial charge in [0.05, 0.1) is 12.0 Å². The lowest BCUT2D eigenvalue weighted by molar-refractivity contribution is -0.135. The molecule has 1 saturated heterocycles. The van der Waals surface area contributed by atoms with Gasteiger partial charge in [0.2, 0.25) is 5.91 Å². The first-order chi connectivity index (χ1) is 6.65. The molecule has 3 nitrogen and oxygen atoms in total. The van der Waals surface area contributed by atoms with E-state index in [2.05, 4.69) is 39.2 Å². The molecule has 0 aliphatic carbocycles. The Labute approximate surface area is 93.7 Å². The minimum Gasteiger partial charge on any atom is -0.413 e. The molecule has 15 heavy (non-hydrogen) atoms. The van der Waals surface area contributed by atoms with Crippen LogP contribution in [0.2, 0.25) is 18.1 Å². The van der Waals surface area contributed by atoms with Gasteiger partial charge in [-0.05, 0) is 25.1 Å². The van der Waals surface area contributed by atoms with Gasteiger partial charge in [0, 0.05) is 6.54 Å². The van der Waals surface area contributed by atoms with E-state index in [-0.39, 0.29) is 23.0 Å². The fraction of sp³-hybridized carbons (Fsp3) is 0.909. The normalized spacial score (nSPS) is 24.4. The van der Waals surface area contributed by atoms with Crippen molar-refractivity contribution in [3.05, 3.63) is 0 Å². The highest BCUT2D eigenvalue weighted by molar-refractivity contribution is 6.74. The molecule has 0 bridgehead atoms. The molecular formula is C11H23NO2Si. The molecular weight excluding hydrogens is 206 g/mol. The second-order valence-corrected chi connectivity index (χ2v) is 10.7. The van der Waals surface area contributed by atoms with Crippen molar-refractivity contribution < 1.29 is 9.22 Å². The minimum absolute atomic E-state index is 0.0552. The molecule has 0 aromatic carbocycles. The van der Waals surface area contributed by atoms with Crippen LogP contribution in [0.25, 0.3) is 0 Å². The molecule has 1 aliphatic heterocycles. The lowest BCUT2D eigenvalue weighted by Gasteiger charge is -2.41. The van der Waals surface area contributed by atoms with Crippen LogP contribution in [0.4, 0.5) is 0 Å². The molecule has 88 valence electrons. The number of rotatable bonds is 3. The van der Waals surface area contributed by atoms with E-state index >= 15 is 0 Å². The van der Waals surface area contributed by atoms with Crippen LogP contribution in [0.3, 0.4) is 0 Å². The lowest BCUT2D eigenvalue weighted by atomic mass is 9.97.